The van der Waals surface area contributed by atoms with E-state index in [4.69, 9.17) is 0 Å². The molecule has 0 aromatic rings. The number of hydrogen-bond acceptors (Lipinski definition) is 1. The normalized spacial score (nSPS) is 56.4. The number of allylic oxidation sites excluding steroid dienone is 2. The van der Waals surface area contributed by atoms with Gasteiger partial charge in [-0.3, -0.25) is 0 Å². The molecule has 4 rings (SSSR count). The van der Waals surface area contributed by atoms with Crippen LogP contribution >= 0.6 is 0 Å². The minimum Gasteiger partial charge on any atom is -0.390 e. The fraction of sp³-hybridized carbons (Fsp3) is 0.905. The molecule has 0 heterocycles. The summed E-state index contributed by atoms with van der Waals surface area (Å²) in [6.07, 6.45) is 14.4. The van der Waals surface area contributed by atoms with Gasteiger partial charge >= 0.3 is 0 Å². The Bertz CT molecular complexity index is 476. The molecule has 4 fully saturated rings. The molecular formula is C21H34O. The van der Waals surface area contributed by atoms with E-state index in [1.807, 2.05) is 0 Å². The van der Waals surface area contributed by atoms with Gasteiger partial charge < -0.3 is 5.11 Å². The maximum absolute atomic E-state index is 10.5. The van der Waals surface area contributed by atoms with Crippen molar-refractivity contribution in [3.05, 3.63) is 11.6 Å². The summed E-state index contributed by atoms with van der Waals surface area (Å²) < 4.78 is 0. The van der Waals surface area contributed by atoms with Crippen molar-refractivity contribution in [3.8, 4) is 0 Å². The molecule has 0 bridgehead atoms. The van der Waals surface area contributed by atoms with Crippen molar-refractivity contribution in [2.75, 3.05) is 0 Å². The summed E-state index contributed by atoms with van der Waals surface area (Å²) in [6, 6.07) is 0. The highest BCUT2D eigenvalue weighted by Crippen LogP contribution is 2.64. The molecule has 0 aliphatic heterocycles. The van der Waals surface area contributed by atoms with Crippen LogP contribution in [0.1, 0.15) is 78.6 Å². The van der Waals surface area contributed by atoms with E-state index in [0.29, 0.717) is 5.41 Å². The fourth-order valence-electron chi connectivity index (χ4n) is 7.40. The van der Waals surface area contributed by atoms with Crippen molar-refractivity contribution in [3.63, 3.8) is 0 Å². The summed E-state index contributed by atoms with van der Waals surface area (Å²) >= 11 is 0. The molecule has 0 aromatic heterocycles. The van der Waals surface area contributed by atoms with Crippen LogP contribution < -0.4 is 0 Å². The van der Waals surface area contributed by atoms with Gasteiger partial charge in [-0.05, 0) is 107 Å². The Morgan fingerprint density at radius 1 is 0.955 bits per heavy atom. The van der Waals surface area contributed by atoms with E-state index < -0.39 is 0 Å². The van der Waals surface area contributed by atoms with Gasteiger partial charge in [-0.25, -0.2) is 0 Å². The van der Waals surface area contributed by atoms with Crippen molar-refractivity contribution in [1.29, 1.82) is 0 Å². The highest BCUT2D eigenvalue weighted by molar-refractivity contribution is 5.23. The molecule has 0 spiro atoms. The molecule has 22 heavy (non-hydrogen) atoms. The van der Waals surface area contributed by atoms with Gasteiger partial charge in [0.15, 0.2) is 0 Å². The Labute approximate surface area is 136 Å². The summed E-state index contributed by atoms with van der Waals surface area (Å²) in [5, 5.41) is 10.5. The second kappa shape index (κ2) is 5.10. The SMILES string of the molecule is C/C=C1/CC[C@H]2[C@@H]3CC[C@H]4C[C@@](C)(O)CC[C@@H]4[C@H]3CC[C@]12C. The standard InChI is InChI=1S/C21H34O/c1-4-15-6-8-19-18-7-5-14-13-20(2,22)11-9-16(14)17(18)10-12-21(15,19)3/h4,14,16-19,22H,5-13H2,1-3H3/b15-4-/t14-,16-,17+,18+,19-,20-,21+/m0/s1. The smallest absolute Gasteiger partial charge is 0.0622 e. The van der Waals surface area contributed by atoms with E-state index in [1.165, 1.54) is 44.9 Å². The molecule has 4 aliphatic carbocycles. The van der Waals surface area contributed by atoms with E-state index in [2.05, 4.69) is 26.8 Å². The van der Waals surface area contributed by atoms with Crippen molar-refractivity contribution < 1.29 is 5.11 Å². The van der Waals surface area contributed by atoms with Crippen LogP contribution in [0.15, 0.2) is 11.6 Å². The third kappa shape index (κ3) is 2.14. The Morgan fingerprint density at radius 2 is 1.73 bits per heavy atom. The van der Waals surface area contributed by atoms with E-state index >= 15 is 0 Å². The van der Waals surface area contributed by atoms with Crippen LogP contribution in [0.3, 0.4) is 0 Å². The lowest BCUT2D eigenvalue weighted by atomic mass is 9.49. The molecule has 0 aromatic carbocycles. The van der Waals surface area contributed by atoms with Gasteiger partial charge in [0, 0.05) is 0 Å². The van der Waals surface area contributed by atoms with E-state index in [-0.39, 0.29) is 5.60 Å². The van der Waals surface area contributed by atoms with E-state index in [9.17, 15) is 5.11 Å². The topological polar surface area (TPSA) is 20.2 Å². The molecule has 0 amide bonds. The average molecular weight is 303 g/mol. The lowest BCUT2D eigenvalue weighted by Crippen LogP contribution is -2.49. The minimum atomic E-state index is -0.372. The first-order valence-electron chi connectivity index (χ1n) is 9.83. The van der Waals surface area contributed by atoms with Gasteiger partial charge in [0.05, 0.1) is 5.60 Å². The third-order valence-corrected chi connectivity index (χ3v) is 8.43. The predicted octanol–water partition coefficient (Wildman–Crippen LogP) is 5.34. The summed E-state index contributed by atoms with van der Waals surface area (Å²) in [7, 11) is 0. The van der Waals surface area contributed by atoms with Crippen LogP contribution in [0.25, 0.3) is 0 Å². The van der Waals surface area contributed by atoms with Gasteiger partial charge in [-0.2, -0.15) is 0 Å². The zero-order valence-corrected chi connectivity index (χ0v) is 14.8. The summed E-state index contributed by atoms with van der Waals surface area (Å²) in [4.78, 5) is 0. The van der Waals surface area contributed by atoms with Crippen LogP contribution in [0, 0.1) is 35.0 Å². The minimum absolute atomic E-state index is 0.372. The molecule has 4 aliphatic rings. The molecule has 0 saturated heterocycles. The quantitative estimate of drug-likeness (QED) is 0.599. The van der Waals surface area contributed by atoms with Crippen LogP contribution in [0.5, 0.6) is 0 Å². The maximum Gasteiger partial charge on any atom is 0.0622 e. The van der Waals surface area contributed by atoms with Crippen molar-refractivity contribution >= 4 is 0 Å². The Hall–Kier alpha value is -0.300. The van der Waals surface area contributed by atoms with Crippen LogP contribution in [0.4, 0.5) is 0 Å². The lowest BCUT2D eigenvalue weighted by Gasteiger charge is -2.56. The highest BCUT2D eigenvalue weighted by Gasteiger charge is 2.55. The van der Waals surface area contributed by atoms with Gasteiger partial charge in [-0.1, -0.05) is 18.6 Å². The van der Waals surface area contributed by atoms with Crippen molar-refractivity contribution in [2.24, 2.45) is 35.0 Å². The first kappa shape index (κ1) is 15.2. The predicted molar refractivity (Wildman–Crippen MR) is 91.5 cm³/mol. The number of aliphatic hydroxyl groups is 1. The van der Waals surface area contributed by atoms with Gasteiger partial charge in [-0.15, -0.1) is 0 Å². The monoisotopic (exact) mass is 302 g/mol. The Kier molecular flexibility index (Phi) is 3.53. The summed E-state index contributed by atoms with van der Waals surface area (Å²) in [5.74, 6) is 4.67. The largest absolute Gasteiger partial charge is 0.390 e. The zero-order valence-electron chi connectivity index (χ0n) is 14.8. The lowest BCUT2D eigenvalue weighted by molar-refractivity contribution is -0.0899. The second-order valence-electron chi connectivity index (χ2n) is 9.48. The molecule has 0 unspecified atom stereocenters. The van der Waals surface area contributed by atoms with Crippen LogP contribution in [-0.2, 0) is 0 Å². The summed E-state index contributed by atoms with van der Waals surface area (Å²) in [6.45, 7) is 6.91. The number of rotatable bonds is 0. The Balaban J connectivity index is 1.57. The van der Waals surface area contributed by atoms with E-state index in [1.54, 1.807) is 5.57 Å². The first-order valence-corrected chi connectivity index (χ1v) is 9.83. The van der Waals surface area contributed by atoms with Gasteiger partial charge in [0.2, 0.25) is 0 Å². The Morgan fingerprint density at radius 3 is 2.50 bits per heavy atom. The number of hydrogen-bond donors (Lipinski definition) is 1. The fourth-order valence-corrected chi connectivity index (χ4v) is 7.40. The summed E-state index contributed by atoms with van der Waals surface area (Å²) in [5.41, 5.74) is 1.93. The third-order valence-electron chi connectivity index (χ3n) is 8.43. The van der Waals surface area contributed by atoms with Crippen LogP contribution in [0.2, 0.25) is 0 Å². The molecule has 7 atom stereocenters. The molecule has 1 heteroatoms. The molecule has 0 radical (unpaired) electrons. The van der Waals surface area contributed by atoms with E-state index in [0.717, 1.165) is 42.4 Å². The first-order chi connectivity index (χ1) is 10.4. The van der Waals surface area contributed by atoms with Crippen molar-refractivity contribution in [1.82, 2.24) is 0 Å². The van der Waals surface area contributed by atoms with Gasteiger partial charge in [0.25, 0.3) is 0 Å². The average Bonchev–Trinajstić information content (AvgIpc) is 2.82. The maximum atomic E-state index is 10.5. The molecular weight excluding hydrogens is 268 g/mol. The van der Waals surface area contributed by atoms with Gasteiger partial charge in [0.1, 0.15) is 0 Å². The molecule has 1 nitrogen and oxygen atoms in total. The molecule has 1 N–H and O–H groups in total. The van der Waals surface area contributed by atoms with Crippen molar-refractivity contribution in [2.45, 2.75) is 84.2 Å². The number of fused-ring (bicyclic) bond motifs is 5. The molecule has 124 valence electrons. The second-order valence-corrected chi connectivity index (χ2v) is 9.48. The zero-order chi connectivity index (χ0) is 15.5. The van der Waals surface area contributed by atoms with Crippen LogP contribution in [-0.4, -0.2) is 10.7 Å². The highest BCUT2D eigenvalue weighted by atomic mass is 16.3. The molecule has 4 saturated carbocycles.